The van der Waals surface area contributed by atoms with E-state index in [-0.39, 0.29) is 5.56 Å². The Morgan fingerprint density at radius 2 is 1.84 bits per heavy atom. The zero-order valence-electron chi connectivity index (χ0n) is 13.7. The van der Waals surface area contributed by atoms with Crippen molar-refractivity contribution in [1.29, 1.82) is 0 Å². The average Bonchev–Trinajstić information content (AvgIpc) is 2.65. The first-order chi connectivity index (χ1) is 12.2. The van der Waals surface area contributed by atoms with Crippen LogP contribution >= 0.6 is 15.9 Å². The SMILES string of the molecule is O=c1[nH]c(-c2ccccc2)nc2c1CN(Cc1ccc(Br)cc1)CC2. The lowest BCUT2D eigenvalue weighted by Gasteiger charge is -2.27. The Morgan fingerprint density at radius 3 is 2.60 bits per heavy atom. The first-order valence-corrected chi connectivity index (χ1v) is 9.12. The maximum atomic E-state index is 12.6. The lowest BCUT2D eigenvalue weighted by atomic mass is 10.1. The summed E-state index contributed by atoms with van der Waals surface area (Å²) in [4.78, 5) is 22.5. The summed E-state index contributed by atoms with van der Waals surface area (Å²) in [5, 5.41) is 0. The molecule has 0 unspecified atom stereocenters. The monoisotopic (exact) mass is 395 g/mol. The van der Waals surface area contributed by atoms with Gasteiger partial charge in [0.2, 0.25) is 0 Å². The van der Waals surface area contributed by atoms with Crippen molar-refractivity contribution in [1.82, 2.24) is 14.9 Å². The van der Waals surface area contributed by atoms with Crippen LogP contribution in [0.1, 0.15) is 16.8 Å². The summed E-state index contributed by atoms with van der Waals surface area (Å²) < 4.78 is 1.08. The summed E-state index contributed by atoms with van der Waals surface area (Å²) in [6, 6.07) is 18.1. The molecule has 0 fully saturated rings. The van der Waals surface area contributed by atoms with E-state index in [1.807, 2.05) is 42.5 Å². The molecule has 1 aromatic heterocycles. The Hall–Kier alpha value is -2.24. The van der Waals surface area contributed by atoms with Crippen LogP contribution in [-0.4, -0.2) is 21.4 Å². The van der Waals surface area contributed by atoms with Crippen molar-refractivity contribution in [3.63, 3.8) is 0 Å². The van der Waals surface area contributed by atoms with Crippen LogP contribution in [0.2, 0.25) is 0 Å². The summed E-state index contributed by atoms with van der Waals surface area (Å²) in [7, 11) is 0. The van der Waals surface area contributed by atoms with Crippen LogP contribution in [0.4, 0.5) is 0 Å². The van der Waals surface area contributed by atoms with Gasteiger partial charge >= 0.3 is 0 Å². The molecule has 0 spiro atoms. The van der Waals surface area contributed by atoms with Crippen LogP contribution in [0, 0.1) is 0 Å². The van der Waals surface area contributed by atoms with Crippen LogP contribution in [0.15, 0.2) is 63.9 Å². The Balaban J connectivity index is 1.57. The molecule has 25 heavy (non-hydrogen) atoms. The number of halogens is 1. The quantitative estimate of drug-likeness (QED) is 0.734. The molecule has 0 saturated heterocycles. The molecule has 0 aliphatic carbocycles. The molecule has 0 bridgehead atoms. The lowest BCUT2D eigenvalue weighted by molar-refractivity contribution is 0.242. The van der Waals surface area contributed by atoms with Crippen LogP contribution in [0.3, 0.4) is 0 Å². The molecule has 1 N–H and O–H groups in total. The molecule has 1 aliphatic rings. The number of hydrogen-bond acceptors (Lipinski definition) is 3. The van der Waals surface area contributed by atoms with E-state index in [4.69, 9.17) is 4.98 Å². The van der Waals surface area contributed by atoms with Gasteiger partial charge in [-0.15, -0.1) is 0 Å². The van der Waals surface area contributed by atoms with Crippen molar-refractivity contribution in [2.24, 2.45) is 0 Å². The van der Waals surface area contributed by atoms with Gasteiger partial charge in [-0.1, -0.05) is 58.4 Å². The molecule has 4 rings (SSSR count). The van der Waals surface area contributed by atoms with E-state index in [0.717, 1.165) is 40.8 Å². The van der Waals surface area contributed by atoms with E-state index in [1.54, 1.807) is 0 Å². The van der Waals surface area contributed by atoms with Gasteiger partial charge in [0.05, 0.1) is 11.3 Å². The van der Waals surface area contributed by atoms with E-state index in [1.165, 1.54) is 5.56 Å². The van der Waals surface area contributed by atoms with Crippen LogP contribution in [0.5, 0.6) is 0 Å². The molecule has 0 saturated carbocycles. The second-order valence-corrected chi connectivity index (χ2v) is 7.21. The van der Waals surface area contributed by atoms with Crippen molar-refractivity contribution in [2.45, 2.75) is 19.5 Å². The van der Waals surface area contributed by atoms with Gasteiger partial charge in [-0.25, -0.2) is 4.98 Å². The van der Waals surface area contributed by atoms with Crippen molar-refractivity contribution < 1.29 is 0 Å². The molecule has 1 aliphatic heterocycles. The van der Waals surface area contributed by atoms with Gasteiger partial charge in [0.25, 0.3) is 5.56 Å². The minimum Gasteiger partial charge on any atom is -0.306 e. The normalized spacial score (nSPS) is 14.3. The Kier molecular flexibility index (Phi) is 4.51. The number of fused-ring (bicyclic) bond motifs is 1. The minimum absolute atomic E-state index is 0.0237. The van der Waals surface area contributed by atoms with E-state index >= 15 is 0 Å². The van der Waals surface area contributed by atoms with E-state index in [9.17, 15) is 4.79 Å². The minimum atomic E-state index is -0.0237. The number of benzene rings is 2. The summed E-state index contributed by atoms with van der Waals surface area (Å²) in [6.07, 6.45) is 0.801. The largest absolute Gasteiger partial charge is 0.306 e. The van der Waals surface area contributed by atoms with E-state index in [0.29, 0.717) is 12.4 Å². The van der Waals surface area contributed by atoms with Gasteiger partial charge in [0.1, 0.15) is 5.82 Å². The molecule has 126 valence electrons. The number of rotatable bonds is 3. The van der Waals surface area contributed by atoms with Gasteiger partial charge in [0, 0.05) is 36.1 Å². The summed E-state index contributed by atoms with van der Waals surface area (Å²) in [5.41, 5.74) is 3.89. The number of hydrogen-bond donors (Lipinski definition) is 1. The number of nitrogens with one attached hydrogen (secondary N) is 1. The molecule has 5 heteroatoms. The van der Waals surface area contributed by atoms with Crippen LogP contribution < -0.4 is 5.56 Å². The van der Waals surface area contributed by atoms with Crippen LogP contribution in [-0.2, 0) is 19.5 Å². The molecular weight excluding hydrogens is 378 g/mol. The second-order valence-electron chi connectivity index (χ2n) is 6.29. The van der Waals surface area contributed by atoms with Crippen molar-refractivity contribution in [3.8, 4) is 11.4 Å². The fraction of sp³-hybridized carbons (Fsp3) is 0.200. The smallest absolute Gasteiger partial charge is 0.255 e. The highest BCUT2D eigenvalue weighted by Gasteiger charge is 2.21. The number of aromatic amines is 1. The second kappa shape index (κ2) is 6.94. The van der Waals surface area contributed by atoms with Crippen molar-refractivity contribution >= 4 is 15.9 Å². The molecule has 3 aromatic rings. The van der Waals surface area contributed by atoms with Gasteiger partial charge in [-0.05, 0) is 17.7 Å². The molecule has 0 amide bonds. The molecular formula is C20H18BrN3O. The Bertz CT molecular complexity index is 935. The highest BCUT2D eigenvalue weighted by molar-refractivity contribution is 9.10. The van der Waals surface area contributed by atoms with Gasteiger partial charge in [0.15, 0.2) is 0 Å². The number of H-pyrrole nitrogens is 1. The standard InChI is InChI=1S/C20H18BrN3O/c21-16-8-6-14(7-9-16)12-24-11-10-18-17(13-24)20(25)23-19(22-18)15-4-2-1-3-5-15/h1-9H,10-13H2,(H,22,23,25). The van der Waals surface area contributed by atoms with Crippen molar-refractivity contribution in [2.75, 3.05) is 6.54 Å². The third kappa shape index (κ3) is 3.57. The topological polar surface area (TPSA) is 49.0 Å². The fourth-order valence-corrected chi connectivity index (χ4v) is 3.46. The number of nitrogens with zero attached hydrogens (tertiary/aromatic N) is 2. The van der Waals surface area contributed by atoms with Gasteiger partial charge in [-0.2, -0.15) is 0 Å². The zero-order chi connectivity index (χ0) is 17.2. The highest BCUT2D eigenvalue weighted by Crippen LogP contribution is 2.20. The maximum absolute atomic E-state index is 12.6. The first kappa shape index (κ1) is 16.2. The summed E-state index contributed by atoms with van der Waals surface area (Å²) in [5.74, 6) is 0.658. The Morgan fingerprint density at radius 1 is 1.08 bits per heavy atom. The van der Waals surface area contributed by atoms with E-state index in [2.05, 4.69) is 37.9 Å². The first-order valence-electron chi connectivity index (χ1n) is 8.33. The third-order valence-electron chi connectivity index (χ3n) is 4.51. The predicted octanol–water partition coefficient (Wildman–Crippen LogP) is 3.76. The molecule has 2 heterocycles. The fourth-order valence-electron chi connectivity index (χ4n) is 3.20. The predicted molar refractivity (Wildman–Crippen MR) is 102 cm³/mol. The molecule has 4 nitrogen and oxygen atoms in total. The lowest BCUT2D eigenvalue weighted by Crippen LogP contribution is -2.35. The highest BCUT2D eigenvalue weighted by atomic mass is 79.9. The summed E-state index contributed by atoms with van der Waals surface area (Å²) in [6.45, 7) is 2.39. The molecule has 2 aromatic carbocycles. The maximum Gasteiger partial charge on any atom is 0.255 e. The average molecular weight is 396 g/mol. The van der Waals surface area contributed by atoms with Gasteiger partial charge < -0.3 is 4.98 Å². The van der Waals surface area contributed by atoms with Crippen LogP contribution in [0.25, 0.3) is 11.4 Å². The number of aromatic nitrogens is 2. The summed E-state index contributed by atoms with van der Waals surface area (Å²) >= 11 is 3.46. The van der Waals surface area contributed by atoms with Gasteiger partial charge in [-0.3, -0.25) is 9.69 Å². The molecule has 0 atom stereocenters. The Labute approximate surface area is 154 Å². The van der Waals surface area contributed by atoms with E-state index < -0.39 is 0 Å². The van der Waals surface area contributed by atoms with Crippen molar-refractivity contribution in [3.05, 3.63) is 86.2 Å². The molecule has 0 radical (unpaired) electrons. The zero-order valence-corrected chi connectivity index (χ0v) is 15.3. The third-order valence-corrected chi connectivity index (χ3v) is 5.04.